The van der Waals surface area contributed by atoms with Crippen LogP contribution in [0.3, 0.4) is 0 Å². The second-order valence-corrected chi connectivity index (χ2v) is 8.17. The smallest absolute Gasteiger partial charge is 0.327 e. The minimum Gasteiger partial charge on any atom is -0.454 e. The van der Waals surface area contributed by atoms with Crippen molar-refractivity contribution in [2.45, 2.75) is 6.92 Å². The van der Waals surface area contributed by atoms with E-state index in [9.17, 15) is 18.0 Å². The summed E-state index contributed by atoms with van der Waals surface area (Å²) >= 11 is 5.87. The van der Waals surface area contributed by atoms with Crippen molar-refractivity contribution >= 4 is 44.9 Å². The predicted octanol–water partition coefficient (Wildman–Crippen LogP) is 2.60. The minimum atomic E-state index is -3.75. The zero-order valence-corrected chi connectivity index (χ0v) is 16.4. The number of ether oxygens (including phenoxy) is 1. The van der Waals surface area contributed by atoms with Crippen molar-refractivity contribution in [3.05, 3.63) is 59.1 Å². The summed E-state index contributed by atoms with van der Waals surface area (Å²) in [6.45, 7) is 0.817. The van der Waals surface area contributed by atoms with Crippen molar-refractivity contribution in [3.63, 3.8) is 0 Å². The average Bonchev–Trinajstić information content (AvgIpc) is 2.59. The Labute approximate surface area is 162 Å². The lowest BCUT2D eigenvalue weighted by atomic mass is 10.2. The number of esters is 1. The molecular weight excluding hydrogens is 392 g/mol. The van der Waals surface area contributed by atoms with E-state index < -0.39 is 35.1 Å². The molecule has 0 radical (unpaired) electrons. The molecule has 1 amide bonds. The van der Waals surface area contributed by atoms with Crippen LogP contribution in [-0.2, 0) is 24.3 Å². The first-order chi connectivity index (χ1) is 12.6. The van der Waals surface area contributed by atoms with Gasteiger partial charge in [0.2, 0.25) is 10.0 Å². The summed E-state index contributed by atoms with van der Waals surface area (Å²) in [5, 5.41) is 2.91. The first-order valence-electron chi connectivity index (χ1n) is 7.90. The van der Waals surface area contributed by atoms with Gasteiger partial charge in [0.1, 0.15) is 6.54 Å². The van der Waals surface area contributed by atoms with E-state index in [2.05, 4.69) is 5.32 Å². The van der Waals surface area contributed by atoms with Crippen molar-refractivity contribution in [2.75, 3.05) is 29.0 Å². The zero-order chi connectivity index (χ0) is 20.0. The van der Waals surface area contributed by atoms with Crippen LogP contribution in [0.25, 0.3) is 0 Å². The summed E-state index contributed by atoms with van der Waals surface area (Å²) in [7, 11) is -3.75. The van der Waals surface area contributed by atoms with Gasteiger partial charge >= 0.3 is 5.97 Å². The molecule has 0 saturated carbocycles. The topological polar surface area (TPSA) is 92.8 Å². The Morgan fingerprint density at radius 3 is 2.41 bits per heavy atom. The SMILES string of the molecule is Cc1ccc(NC(=O)COC(=O)CN(c2cccc(Cl)c2)S(C)(=O)=O)cc1. The molecule has 2 aromatic rings. The highest BCUT2D eigenvalue weighted by atomic mass is 35.5. The molecule has 2 rings (SSSR count). The number of sulfonamides is 1. The van der Waals surface area contributed by atoms with Gasteiger partial charge in [0.05, 0.1) is 11.9 Å². The molecule has 9 heteroatoms. The Hall–Kier alpha value is -2.58. The Balaban J connectivity index is 1.95. The number of anilines is 2. The van der Waals surface area contributed by atoms with Crippen molar-refractivity contribution in [1.82, 2.24) is 0 Å². The van der Waals surface area contributed by atoms with Crippen LogP contribution in [0, 0.1) is 6.92 Å². The number of nitrogens with zero attached hydrogens (tertiary/aromatic N) is 1. The summed E-state index contributed by atoms with van der Waals surface area (Å²) in [4.78, 5) is 23.9. The van der Waals surface area contributed by atoms with Crippen molar-refractivity contribution < 1.29 is 22.7 Å². The number of aryl methyl sites for hydroxylation is 1. The van der Waals surface area contributed by atoms with Gasteiger partial charge in [-0.1, -0.05) is 35.4 Å². The van der Waals surface area contributed by atoms with Crippen molar-refractivity contribution in [3.8, 4) is 0 Å². The van der Waals surface area contributed by atoms with Gasteiger partial charge in [-0.25, -0.2) is 8.42 Å². The van der Waals surface area contributed by atoms with Gasteiger partial charge in [0.15, 0.2) is 6.61 Å². The lowest BCUT2D eigenvalue weighted by molar-refractivity contribution is -0.145. The van der Waals surface area contributed by atoms with Crippen molar-refractivity contribution in [1.29, 1.82) is 0 Å². The monoisotopic (exact) mass is 410 g/mol. The fourth-order valence-corrected chi connectivity index (χ4v) is 3.20. The molecule has 27 heavy (non-hydrogen) atoms. The first-order valence-corrected chi connectivity index (χ1v) is 10.1. The van der Waals surface area contributed by atoms with E-state index in [1.807, 2.05) is 19.1 Å². The number of nitrogens with one attached hydrogen (secondary N) is 1. The van der Waals surface area contributed by atoms with Crippen LogP contribution >= 0.6 is 11.6 Å². The third-order valence-electron chi connectivity index (χ3n) is 3.47. The number of hydrogen-bond donors (Lipinski definition) is 1. The molecule has 2 aromatic carbocycles. The van der Waals surface area contributed by atoms with Crippen LogP contribution < -0.4 is 9.62 Å². The Bertz CT molecular complexity index is 929. The van der Waals surface area contributed by atoms with E-state index in [1.54, 1.807) is 24.3 Å². The second kappa shape index (κ2) is 8.88. The lowest BCUT2D eigenvalue weighted by Crippen LogP contribution is -2.36. The molecule has 0 aliphatic carbocycles. The molecular formula is C18H19ClN2O5S. The molecule has 1 N–H and O–H groups in total. The summed E-state index contributed by atoms with van der Waals surface area (Å²) < 4.78 is 29.7. The first kappa shape index (κ1) is 20.7. The highest BCUT2D eigenvalue weighted by molar-refractivity contribution is 7.92. The maximum absolute atomic E-state index is 12.0. The number of carbonyl (C=O) groups excluding carboxylic acids is 2. The largest absolute Gasteiger partial charge is 0.454 e. The second-order valence-electron chi connectivity index (χ2n) is 5.82. The van der Waals surface area contributed by atoms with Gasteiger partial charge in [0.25, 0.3) is 5.91 Å². The van der Waals surface area contributed by atoms with Crippen LogP contribution in [0.15, 0.2) is 48.5 Å². The molecule has 7 nitrogen and oxygen atoms in total. The molecule has 0 heterocycles. The molecule has 0 atom stereocenters. The maximum atomic E-state index is 12.0. The Morgan fingerprint density at radius 1 is 1.15 bits per heavy atom. The van der Waals surface area contributed by atoms with Crippen LogP contribution in [0.4, 0.5) is 11.4 Å². The summed E-state index contributed by atoms with van der Waals surface area (Å²) in [6.07, 6.45) is 0.964. The van der Waals surface area contributed by atoms with E-state index in [1.165, 1.54) is 12.1 Å². The van der Waals surface area contributed by atoms with E-state index >= 15 is 0 Å². The predicted molar refractivity (Wildman–Crippen MR) is 104 cm³/mol. The molecule has 0 unspecified atom stereocenters. The molecule has 0 aliphatic rings. The third-order valence-corrected chi connectivity index (χ3v) is 4.84. The normalized spacial score (nSPS) is 10.9. The lowest BCUT2D eigenvalue weighted by Gasteiger charge is -2.21. The number of rotatable bonds is 7. The van der Waals surface area contributed by atoms with E-state index in [0.717, 1.165) is 16.1 Å². The molecule has 0 aliphatic heterocycles. The quantitative estimate of drug-likeness (QED) is 0.708. The molecule has 144 valence electrons. The van der Waals surface area contributed by atoms with Crippen molar-refractivity contribution in [2.24, 2.45) is 0 Å². The molecule has 0 bridgehead atoms. The van der Waals surface area contributed by atoms with Gasteiger partial charge in [-0.2, -0.15) is 0 Å². The molecule has 0 aromatic heterocycles. The van der Waals surface area contributed by atoms with E-state index in [0.29, 0.717) is 10.7 Å². The van der Waals surface area contributed by atoms with E-state index in [4.69, 9.17) is 16.3 Å². The zero-order valence-electron chi connectivity index (χ0n) is 14.8. The standard InChI is InChI=1S/C18H19ClN2O5S/c1-13-6-8-15(9-7-13)20-17(22)12-26-18(23)11-21(27(2,24)25)16-5-3-4-14(19)10-16/h3-10H,11-12H2,1-2H3,(H,20,22). The summed E-state index contributed by atoms with van der Waals surface area (Å²) in [5.41, 5.74) is 1.84. The summed E-state index contributed by atoms with van der Waals surface area (Å²) in [6, 6.07) is 13.2. The molecule has 0 fully saturated rings. The van der Waals surface area contributed by atoms with Crippen LogP contribution in [0.1, 0.15) is 5.56 Å². The van der Waals surface area contributed by atoms with E-state index in [-0.39, 0.29) is 5.69 Å². The van der Waals surface area contributed by atoms with Gasteiger partial charge in [-0.3, -0.25) is 13.9 Å². The maximum Gasteiger partial charge on any atom is 0.327 e. The minimum absolute atomic E-state index is 0.228. The highest BCUT2D eigenvalue weighted by Crippen LogP contribution is 2.21. The van der Waals surface area contributed by atoms with Gasteiger partial charge in [-0.15, -0.1) is 0 Å². The average molecular weight is 411 g/mol. The van der Waals surface area contributed by atoms with Gasteiger partial charge in [-0.05, 0) is 37.3 Å². The van der Waals surface area contributed by atoms with Crippen LogP contribution in [0.5, 0.6) is 0 Å². The molecule has 0 spiro atoms. The third kappa shape index (κ3) is 6.58. The van der Waals surface area contributed by atoms with Gasteiger partial charge < -0.3 is 10.1 Å². The number of halogens is 1. The number of carbonyl (C=O) groups is 2. The number of hydrogen-bond acceptors (Lipinski definition) is 5. The molecule has 0 saturated heterocycles. The Morgan fingerprint density at radius 2 is 1.81 bits per heavy atom. The number of amides is 1. The van der Waals surface area contributed by atoms with Crippen LogP contribution in [-0.4, -0.2) is 39.7 Å². The number of benzene rings is 2. The van der Waals surface area contributed by atoms with Gasteiger partial charge in [0, 0.05) is 10.7 Å². The fraction of sp³-hybridized carbons (Fsp3) is 0.222. The Kier molecular flexibility index (Phi) is 6.81. The fourth-order valence-electron chi connectivity index (χ4n) is 2.17. The van der Waals surface area contributed by atoms with Crippen LogP contribution in [0.2, 0.25) is 5.02 Å². The summed E-state index contributed by atoms with van der Waals surface area (Å²) in [5.74, 6) is -1.39. The highest BCUT2D eigenvalue weighted by Gasteiger charge is 2.22.